The summed E-state index contributed by atoms with van der Waals surface area (Å²) in [6, 6.07) is 3.87. The number of aromatic hydroxyl groups is 1. The zero-order valence-electron chi connectivity index (χ0n) is 10.2. The summed E-state index contributed by atoms with van der Waals surface area (Å²) in [6.07, 6.45) is 0.745. The van der Waals surface area contributed by atoms with Gasteiger partial charge in [-0.1, -0.05) is 0 Å². The first-order valence-electron chi connectivity index (χ1n) is 5.60. The summed E-state index contributed by atoms with van der Waals surface area (Å²) in [5.41, 5.74) is 7.98. The van der Waals surface area contributed by atoms with E-state index in [1.165, 1.54) is 24.4 Å². The van der Waals surface area contributed by atoms with Crippen LogP contribution in [0.2, 0.25) is 0 Å². The quantitative estimate of drug-likeness (QED) is 0.263. The van der Waals surface area contributed by atoms with Gasteiger partial charge >= 0.3 is 5.69 Å². The van der Waals surface area contributed by atoms with E-state index in [9.17, 15) is 20.0 Å². The number of carbonyl (C=O) groups is 1. The first kappa shape index (κ1) is 13.7. The van der Waals surface area contributed by atoms with Crippen LogP contribution in [0.4, 0.5) is 5.69 Å². The lowest BCUT2D eigenvalue weighted by atomic mass is 10.2. The van der Waals surface area contributed by atoms with Crippen molar-refractivity contribution in [3.05, 3.63) is 33.9 Å². The van der Waals surface area contributed by atoms with E-state index < -0.39 is 22.6 Å². The highest BCUT2D eigenvalue weighted by Crippen LogP contribution is 2.25. The van der Waals surface area contributed by atoms with E-state index in [1.807, 2.05) is 0 Å². The van der Waals surface area contributed by atoms with Crippen molar-refractivity contribution in [3.8, 4) is 5.75 Å². The molecule has 106 valence electrons. The van der Waals surface area contributed by atoms with Crippen molar-refractivity contribution in [1.29, 1.82) is 0 Å². The van der Waals surface area contributed by atoms with Gasteiger partial charge in [0.25, 0.3) is 0 Å². The Hall–Kier alpha value is -2.72. The molecule has 1 aromatic carbocycles. The summed E-state index contributed by atoms with van der Waals surface area (Å²) in [7, 11) is 0. The maximum atomic E-state index is 11.1. The van der Waals surface area contributed by atoms with Gasteiger partial charge in [-0.2, -0.15) is 5.10 Å². The molecular weight excluding hydrogens is 268 g/mol. The maximum absolute atomic E-state index is 11.1. The first-order valence-corrected chi connectivity index (χ1v) is 5.60. The lowest BCUT2D eigenvalue weighted by molar-refractivity contribution is -0.385. The molecular formula is C10H12N6O4. The summed E-state index contributed by atoms with van der Waals surface area (Å²) < 4.78 is 0. The highest BCUT2D eigenvalue weighted by Gasteiger charge is 2.15. The molecule has 2 rings (SSSR count). The number of rotatable bonds is 4. The second-order valence-electron chi connectivity index (χ2n) is 3.89. The minimum atomic E-state index is -0.688. The number of hydrogen-bond donors (Lipinski definition) is 5. The zero-order chi connectivity index (χ0) is 14.5. The SMILES string of the molecule is O=C1CNNC(N/N=C/c2ccc(O)c([N+](=O)[O-])c2)N1. The van der Waals surface area contributed by atoms with Crippen LogP contribution in [0.15, 0.2) is 23.3 Å². The molecule has 1 heterocycles. The largest absolute Gasteiger partial charge is 0.502 e. The van der Waals surface area contributed by atoms with E-state index in [0.717, 1.165) is 0 Å². The molecule has 1 fully saturated rings. The Morgan fingerprint density at radius 2 is 2.35 bits per heavy atom. The molecule has 0 saturated carbocycles. The van der Waals surface area contributed by atoms with E-state index in [-0.39, 0.29) is 12.5 Å². The number of phenolic OH excluding ortho intramolecular Hbond substituents is 1. The molecule has 0 aromatic heterocycles. The van der Waals surface area contributed by atoms with Crippen LogP contribution in [0.3, 0.4) is 0 Å². The average Bonchev–Trinajstić information content (AvgIpc) is 2.40. The molecule has 0 aliphatic carbocycles. The predicted molar refractivity (Wildman–Crippen MR) is 68.6 cm³/mol. The first-order chi connectivity index (χ1) is 9.56. The fourth-order valence-electron chi connectivity index (χ4n) is 1.50. The zero-order valence-corrected chi connectivity index (χ0v) is 10.2. The van der Waals surface area contributed by atoms with Crippen LogP contribution in [-0.4, -0.2) is 35.0 Å². The minimum absolute atomic E-state index is 0.159. The Morgan fingerprint density at radius 3 is 3.05 bits per heavy atom. The molecule has 20 heavy (non-hydrogen) atoms. The number of hydrazone groups is 1. The fraction of sp³-hybridized carbons (Fsp3) is 0.200. The summed E-state index contributed by atoms with van der Waals surface area (Å²) in [5, 5.41) is 26.3. The lowest BCUT2D eigenvalue weighted by Crippen LogP contribution is -2.64. The number of hydrogen-bond acceptors (Lipinski definition) is 8. The number of phenols is 1. The third-order valence-corrected chi connectivity index (χ3v) is 2.41. The summed E-state index contributed by atoms with van der Waals surface area (Å²) in [4.78, 5) is 21.0. The monoisotopic (exact) mass is 280 g/mol. The number of amides is 1. The molecule has 1 saturated heterocycles. The highest BCUT2D eigenvalue weighted by atomic mass is 16.6. The van der Waals surface area contributed by atoms with Crippen LogP contribution in [0.25, 0.3) is 0 Å². The van der Waals surface area contributed by atoms with Crippen molar-refractivity contribution >= 4 is 17.8 Å². The van der Waals surface area contributed by atoms with Crippen LogP contribution in [0.1, 0.15) is 5.56 Å². The second-order valence-corrected chi connectivity index (χ2v) is 3.89. The van der Waals surface area contributed by atoms with Gasteiger partial charge in [0, 0.05) is 11.6 Å². The summed E-state index contributed by atoms with van der Waals surface area (Å²) in [5.74, 6) is -0.609. The number of nitro groups is 1. The Morgan fingerprint density at radius 1 is 1.55 bits per heavy atom. The van der Waals surface area contributed by atoms with Gasteiger partial charge in [0.2, 0.25) is 5.91 Å². The second kappa shape index (κ2) is 5.95. The maximum Gasteiger partial charge on any atom is 0.311 e. The summed E-state index contributed by atoms with van der Waals surface area (Å²) in [6.45, 7) is 0.159. The lowest BCUT2D eigenvalue weighted by Gasteiger charge is -2.24. The van der Waals surface area contributed by atoms with Crippen LogP contribution in [-0.2, 0) is 4.79 Å². The Labute approximate surface area is 113 Å². The predicted octanol–water partition coefficient (Wildman–Crippen LogP) is -1.27. The van der Waals surface area contributed by atoms with E-state index in [1.54, 1.807) is 0 Å². The van der Waals surface area contributed by atoms with Gasteiger partial charge in [-0.3, -0.25) is 20.3 Å². The van der Waals surface area contributed by atoms with Gasteiger partial charge in [-0.15, -0.1) is 0 Å². The van der Waals surface area contributed by atoms with Crippen LogP contribution >= 0.6 is 0 Å². The minimum Gasteiger partial charge on any atom is -0.502 e. The number of nitrogens with one attached hydrogen (secondary N) is 4. The molecule has 10 heteroatoms. The van der Waals surface area contributed by atoms with Crippen LogP contribution in [0, 0.1) is 10.1 Å². The number of hydrazine groups is 1. The molecule has 1 aromatic rings. The van der Waals surface area contributed by atoms with Gasteiger partial charge in [-0.25, -0.2) is 10.9 Å². The number of benzene rings is 1. The fourth-order valence-corrected chi connectivity index (χ4v) is 1.50. The highest BCUT2D eigenvalue weighted by molar-refractivity contribution is 5.81. The molecule has 1 amide bonds. The van der Waals surface area contributed by atoms with Gasteiger partial charge in [0.05, 0.1) is 17.7 Å². The average molecular weight is 280 g/mol. The van der Waals surface area contributed by atoms with Crippen molar-refractivity contribution < 1.29 is 14.8 Å². The summed E-state index contributed by atoms with van der Waals surface area (Å²) >= 11 is 0. The molecule has 0 bridgehead atoms. The number of carbonyl (C=O) groups excluding carboxylic acids is 1. The van der Waals surface area contributed by atoms with Crippen molar-refractivity contribution in [2.45, 2.75) is 6.29 Å². The van der Waals surface area contributed by atoms with Gasteiger partial charge in [-0.05, 0) is 12.1 Å². The molecule has 10 nitrogen and oxygen atoms in total. The Balaban J connectivity index is 1.99. The third-order valence-electron chi connectivity index (χ3n) is 2.41. The Bertz CT molecular complexity index is 561. The van der Waals surface area contributed by atoms with E-state index in [2.05, 4.69) is 26.7 Å². The number of nitrogens with zero attached hydrogens (tertiary/aromatic N) is 2. The number of nitro benzene ring substituents is 1. The topological polar surface area (TPSA) is 141 Å². The van der Waals surface area contributed by atoms with Crippen molar-refractivity contribution in [2.75, 3.05) is 6.54 Å². The van der Waals surface area contributed by atoms with Crippen molar-refractivity contribution in [2.24, 2.45) is 5.10 Å². The molecule has 1 aliphatic heterocycles. The van der Waals surface area contributed by atoms with Crippen molar-refractivity contribution in [3.63, 3.8) is 0 Å². The third kappa shape index (κ3) is 3.40. The van der Waals surface area contributed by atoms with Gasteiger partial charge < -0.3 is 10.4 Å². The van der Waals surface area contributed by atoms with E-state index in [0.29, 0.717) is 5.56 Å². The molecule has 0 spiro atoms. The van der Waals surface area contributed by atoms with E-state index >= 15 is 0 Å². The van der Waals surface area contributed by atoms with Crippen LogP contribution < -0.4 is 21.6 Å². The smallest absolute Gasteiger partial charge is 0.311 e. The molecule has 1 atom stereocenters. The Kier molecular flexibility index (Phi) is 4.08. The van der Waals surface area contributed by atoms with E-state index in [4.69, 9.17) is 0 Å². The molecule has 1 aliphatic rings. The molecule has 0 radical (unpaired) electrons. The van der Waals surface area contributed by atoms with Gasteiger partial charge in [0.15, 0.2) is 12.0 Å². The normalized spacial score (nSPS) is 18.8. The van der Waals surface area contributed by atoms with Crippen molar-refractivity contribution in [1.82, 2.24) is 21.6 Å². The van der Waals surface area contributed by atoms with Crippen LogP contribution in [0.5, 0.6) is 5.75 Å². The standard InChI is InChI=1S/C10H12N6O4/c17-8-2-1-6(3-7(8)16(19)20)4-11-14-10-13-9(18)5-12-15-10/h1-4,10,12,14-15,17H,5H2,(H,13,18)/b11-4+. The van der Waals surface area contributed by atoms with Gasteiger partial charge in [0.1, 0.15) is 0 Å². The molecule has 1 unspecified atom stereocenters. The molecule has 5 N–H and O–H groups in total.